The van der Waals surface area contributed by atoms with Crippen LogP contribution < -0.4 is 5.73 Å². The van der Waals surface area contributed by atoms with E-state index >= 15 is 0 Å². The van der Waals surface area contributed by atoms with Crippen LogP contribution in [0.5, 0.6) is 0 Å². The predicted octanol–water partition coefficient (Wildman–Crippen LogP) is 1.51. The van der Waals surface area contributed by atoms with Crippen LogP contribution in [-0.4, -0.2) is 35.7 Å². The number of nitrogens with zero attached hydrogens (tertiary/aromatic N) is 1. The minimum Gasteiger partial charge on any atom is -0.399 e. The van der Waals surface area contributed by atoms with Crippen molar-refractivity contribution in [2.75, 3.05) is 25.4 Å². The van der Waals surface area contributed by atoms with Crippen LogP contribution in [0.15, 0.2) is 24.3 Å². The summed E-state index contributed by atoms with van der Waals surface area (Å²) in [5.74, 6) is 0.398. The van der Waals surface area contributed by atoms with Gasteiger partial charge in [0, 0.05) is 25.3 Å². The summed E-state index contributed by atoms with van der Waals surface area (Å²) < 4.78 is 0. The summed E-state index contributed by atoms with van der Waals surface area (Å²) in [6, 6.07) is 8.10. The zero-order valence-electron chi connectivity index (χ0n) is 10.5. The zero-order valence-corrected chi connectivity index (χ0v) is 10.5. The molecule has 0 radical (unpaired) electrons. The summed E-state index contributed by atoms with van der Waals surface area (Å²) in [6.45, 7) is 5.22. The highest BCUT2D eigenvalue weighted by molar-refractivity contribution is 5.39. The number of rotatable bonds is 3. The molecule has 2 atom stereocenters. The number of nitrogen functional groups attached to an aromatic ring is 1. The average molecular weight is 234 g/mol. The van der Waals surface area contributed by atoms with Gasteiger partial charge >= 0.3 is 0 Å². The lowest BCUT2D eigenvalue weighted by molar-refractivity contribution is 0.0356. The molecule has 3 N–H and O–H groups in total. The van der Waals surface area contributed by atoms with Crippen LogP contribution in [-0.2, 0) is 6.42 Å². The van der Waals surface area contributed by atoms with E-state index < -0.39 is 0 Å². The molecule has 0 amide bonds. The van der Waals surface area contributed by atoms with Crippen molar-refractivity contribution in [3.63, 3.8) is 0 Å². The molecule has 0 aliphatic carbocycles. The first-order valence-corrected chi connectivity index (χ1v) is 6.40. The summed E-state index contributed by atoms with van der Waals surface area (Å²) in [6.07, 6.45) is 1.86. The first-order chi connectivity index (χ1) is 8.15. The SMILES string of the molecule is CC1CN(CCc2ccc(N)cc2)CCC1O. The molecule has 2 unspecified atom stereocenters. The van der Waals surface area contributed by atoms with E-state index in [-0.39, 0.29) is 6.10 Å². The van der Waals surface area contributed by atoms with Gasteiger partial charge in [0.25, 0.3) is 0 Å². The van der Waals surface area contributed by atoms with Crippen LogP contribution in [0.25, 0.3) is 0 Å². The Morgan fingerprint density at radius 3 is 2.71 bits per heavy atom. The normalized spacial score (nSPS) is 26.0. The fourth-order valence-corrected chi connectivity index (χ4v) is 2.39. The Labute approximate surface area is 103 Å². The van der Waals surface area contributed by atoms with Crippen molar-refractivity contribution >= 4 is 5.69 Å². The average Bonchev–Trinajstić information content (AvgIpc) is 2.33. The second-order valence-corrected chi connectivity index (χ2v) is 5.13. The van der Waals surface area contributed by atoms with Gasteiger partial charge in [0.1, 0.15) is 0 Å². The maximum absolute atomic E-state index is 9.67. The van der Waals surface area contributed by atoms with Gasteiger partial charge in [0.15, 0.2) is 0 Å². The highest BCUT2D eigenvalue weighted by atomic mass is 16.3. The molecule has 0 spiro atoms. The molecule has 1 saturated heterocycles. The maximum Gasteiger partial charge on any atom is 0.0590 e. The third-order valence-corrected chi connectivity index (χ3v) is 3.64. The Hall–Kier alpha value is -1.06. The van der Waals surface area contributed by atoms with Crippen LogP contribution >= 0.6 is 0 Å². The first-order valence-electron chi connectivity index (χ1n) is 6.40. The number of benzene rings is 1. The van der Waals surface area contributed by atoms with Gasteiger partial charge in [0.05, 0.1) is 6.10 Å². The first kappa shape index (κ1) is 12.4. The predicted molar refractivity (Wildman–Crippen MR) is 70.8 cm³/mol. The summed E-state index contributed by atoms with van der Waals surface area (Å²) in [5, 5.41) is 9.67. The lowest BCUT2D eigenvalue weighted by atomic mass is 9.96. The standard InChI is InChI=1S/C14H22N2O/c1-11-10-16(9-7-14(11)17)8-6-12-2-4-13(15)5-3-12/h2-5,11,14,17H,6-10,15H2,1H3. The fourth-order valence-electron chi connectivity index (χ4n) is 2.39. The van der Waals surface area contributed by atoms with E-state index in [1.807, 2.05) is 12.1 Å². The van der Waals surface area contributed by atoms with Crippen LogP contribution in [0.4, 0.5) is 5.69 Å². The number of anilines is 1. The van der Waals surface area contributed by atoms with Crippen molar-refractivity contribution in [1.82, 2.24) is 4.90 Å². The quantitative estimate of drug-likeness (QED) is 0.780. The molecule has 94 valence electrons. The number of hydrogen-bond donors (Lipinski definition) is 2. The van der Waals surface area contributed by atoms with Crippen molar-refractivity contribution in [3.05, 3.63) is 29.8 Å². The van der Waals surface area contributed by atoms with Gasteiger partial charge in [-0.2, -0.15) is 0 Å². The zero-order chi connectivity index (χ0) is 12.3. The maximum atomic E-state index is 9.67. The number of aliphatic hydroxyl groups is 1. The van der Waals surface area contributed by atoms with E-state index in [1.165, 1.54) is 5.56 Å². The van der Waals surface area contributed by atoms with E-state index in [0.29, 0.717) is 5.92 Å². The number of piperidine rings is 1. The number of aliphatic hydroxyl groups excluding tert-OH is 1. The van der Waals surface area contributed by atoms with E-state index in [2.05, 4.69) is 24.0 Å². The molecule has 3 heteroatoms. The molecule has 2 rings (SSSR count). The number of nitrogens with two attached hydrogens (primary N) is 1. The van der Waals surface area contributed by atoms with Crippen molar-refractivity contribution in [3.8, 4) is 0 Å². The topological polar surface area (TPSA) is 49.5 Å². The lowest BCUT2D eigenvalue weighted by Crippen LogP contribution is -2.42. The van der Waals surface area contributed by atoms with E-state index in [4.69, 9.17) is 5.73 Å². The molecule has 1 aliphatic rings. The minimum absolute atomic E-state index is 0.109. The second-order valence-electron chi connectivity index (χ2n) is 5.13. The van der Waals surface area contributed by atoms with E-state index in [9.17, 15) is 5.11 Å². The van der Waals surface area contributed by atoms with Crippen molar-refractivity contribution in [1.29, 1.82) is 0 Å². The molecule has 17 heavy (non-hydrogen) atoms. The van der Waals surface area contributed by atoms with Gasteiger partial charge in [-0.3, -0.25) is 0 Å². The summed E-state index contributed by atoms with van der Waals surface area (Å²) in [4.78, 5) is 2.44. The van der Waals surface area contributed by atoms with Crippen molar-refractivity contribution in [2.24, 2.45) is 5.92 Å². The Morgan fingerprint density at radius 2 is 2.06 bits per heavy atom. The van der Waals surface area contributed by atoms with Crippen LogP contribution in [0, 0.1) is 5.92 Å². The van der Waals surface area contributed by atoms with Gasteiger partial charge in [-0.15, -0.1) is 0 Å². The monoisotopic (exact) mass is 234 g/mol. The molecule has 0 bridgehead atoms. The molecule has 1 fully saturated rings. The summed E-state index contributed by atoms with van der Waals surface area (Å²) >= 11 is 0. The third-order valence-electron chi connectivity index (χ3n) is 3.64. The largest absolute Gasteiger partial charge is 0.399 e. The van der Waals surface area contributed by atoms with Gasteiger partial charge < -0.3 is 15.7 Å². The molecule has 0 saturated carbocycles. The molecule has 1 heterocycles. The highest BCUT2D eigenvalue weighted by Crippen LogP contribution is 2.17. The van der Waals surface area contributed by atoms with E-state index in [0.717, 1.165) is 38.2 Å². The molecular formula is C14H22N2O. The lowest BCUT2D eigenvalue weighted by Gasteiger charge is -2.34. The molecule has 1 aromatic rings. The Morgan fingerprint density at radius 1 is 1.35 bits per heavy atom. The Bertz CT molecular complexity index is 350. The van der Waals surface area contributed by atoms with Gasteiger partial charge in [-0.1, -0.05) is 19.1 Å². The highest BCUT2D eigenvalue weighted by Gasteiger charge is 2.23. The number of likely N-dealkylation sites (tertiary alicyclic amines) is 1. The van der Waals surface area contributed by atoms with Crippen LogP contribution in [0.1, 0.15) is 18.9 Å². The third kappa shape index (κ3) is 3.45. The summed E-state index contributed by atoms with van der Waals surface area (Å²) in [5.41, 5.74) is 7.82. The minimum atomic E-state index is -0.109. The van der Waals surface area contributed by atoms with Gasteiger partial charge in [-0.05, 0) is 36.5 Å². The smallest absolute Gasteiger partial charge is 0.0590 e. The molecular weight excluding hydrogens is 212 g/mol. The molecule has 1 aromatic carbocycles. The molecule has 1 aliphatic heterocycles. The Balaban J connectivity index is 1.80. The van der Waals surface area contributed by atoms with E-state index in [1.54, 1.807) is 0 Å². The van der Waals surface area contributed by atoms with Gasteiger partial charge in [-0.25, -0.2) is 0 Å². The number of hydrogen-bond acceptors (Lipinski definition) is 3. The molecule has 3 nitrogen and oxygen atoms in total. The van der Waals surface area contributed by atoms with Crippen molar-refractivity contribution < 1.29 is 5.11 Å². The molecule has 0 aromatic heterocycles. The second kappa shape index (κ2) is 5.52. The summed E-state index contributed by atoms with van der Waals surface area (Å²) in [7, 11) is 0. The van der Waals surface area contributed by atoms with Crippen molar-refractivity contribution in [2.45, 2.75) is 25.9 Å². The van der Waals surface area contributed by atoms with Gasteiger partial charge in [0.2, 0.25) is 0 Å². The Kier molecular flexibility index (Phi) is 4.02. The van der Waals surface area contributed by atoms with Crippen LogP contribution in [0.3, 0.4) is 0 Å². The van der Waals surface area contributed by atoms with Crippen LogP contribution in [0.2, 0.25) is 0 Å². The fraction of sp³-hybridized carbons (Fsp3) is 0.571.